The summed E-state index contributed by atoms with van der Waals surface area (Å²) in [5, 5.41) is 19.3. The van der Waals surface area contributed by atoms with Crippen LogP contribution >= 0.6 is 0 Å². The molecule has 2 aromatic rings. The highest BCUT2D eigenvalue weighted by atomic mass is 19.3. The van der Waals surface area contributed by atoms with E-state index >= 15 is 0 Å². The van der Waals surface area contributed by atoms with Crippen molar-refractivity contribution in [3.8, 4) is 11.1 Å². The molecule has 9 heteroatoms. The summed E-state index contributed by atoms with van der Waals surface area (Å²) in [6, 6.07) is 13.0. The number of hydrogen-bond acceptors (Lipinski definition) is 4. The molecular formula is C20H17F2NO6. The Kier molecular flexibility index (Phi) is 5.49. The first-order valence-electron chi connectivity index (χ1n) is 8.66. The second-order valence-electron chi connectivity index (χ2n) is 6.57. The molecule has 0 unspecified atom stereocenters. The van der Waals surface area contributed by atoms with Gasteiger partial charge in [0.1, 0.15) is 12.6 Å². The summed E-state index contributed by atoms with van der Waals surface area (Å²) in [6.45, 7) is -0.137. The number of carboxylic acids is 2. The lowest BCUT2D eigenvalue weighted by molar-refractivity contribution is -0.167. The van der Waals surface area contributed by atoms with Gasteiger partial charge in [0.2, 0.25) is 0 Å². The lowest BCUT2D eigenvalue weighted by Gasteiger charge is -2.19. The SMILES string of the molecule is O=C(N[C@@H](CC(F)(F)C(=O)O)C(=O)O)OCC1c2ccccc2-c2ccccc21. The molecule has 29 heavy (non-hydrogen) atoms. The summed E-state index contributed by atoms with van der Waals surface area (Å²) in [7, 11) is 0. The van der Waals surface area contributed by atoms with E-state index in [4.69, 9.17) is 14.9 Å². The van der Waals surface area contributed by atoms with Crippen molar-refractivity contribution in [3.05, 3.63) is 59.7 Å². The third-order valence-corrected chi connectivity index (χ3v) is 4.71. The second kappa shape index (κ2) is 7.86. The summed E-state index contributed by atoms with van der Waals surface area (Å²) < 4.78 is 31.7. The van der Waals surface area contributed by atoms with Crippen LogP contribution in [0.2, 0.25) is 0 Å². The lowest BCUT2D eigenvalue weighted by atomic mass is 9.98. The molecule has 0 radical (unpaired) electrons. The number of ether oxygens (including phenoxy) is 1. The van der Waals surface area contributed by atoms with E-state index < -0.39 is 36.4 Å². The maximum Gasteiger partial charge on any atom is 0.407 e. The van der Waals surface area contributed by atoms with Gasteiger partial charge in [-0.2, -0.15) is 8.78 Å². The Morgan fingerprint density at radius 2 is 1.52 bits per heavy atom. The second-order valence-corrected chi connectivity index (χ2v) is 6.57. The molecule has 1 atom stereocenters. The van der Waals surface area contributed by atoms with Crippen LogP contribution in [-0.2, 0) is 14.3 Å². The Morgan fingerprint density at radius 3 is 2.00 bits per heavy atom. The molecule has 0 heterocycles. The molecule has 0 bridgehead atoms. The van der Waals surface area contributed by atoms with Crippen molar-refractivity contribution in [2.75, 3.05) is 6.61 Å². The molecule has 3 N–H and O–H groups in total. The zero-order valence-corrected chi connectivity index (χ0v) is 15.0. The number of rotatable bonds is 7. The molecule has 3 rings (SSSR count). The van der Waals surface area contributed by atoms with Crippen molar-refractivity contribution < 1.29 is 38.1 Å². The highest BCUT2D eigenvalue weighted by Gasteiger charge is 2.44. The monoisotopic (exact) mass is 405 g/mol. The molecule has 1 aliphatic rings. The first kappa shape index (κ1) is 20.2. The summed E-state index contributed by atoms with van der Waals surface area (Å²) >= 11 is 0. The quantitative estimate of drug-likeness (QED) is 0.653. The predicted octanol–water partition coefficient (Wildman–Crippen LogP) is 3.09. The van der Waals surface area contributed by atoms with Crippen molar-refractivity contribution in [2.45, 2.75) is 24.3 Å². The molecule has 0 fully saturated rings. The van der Waals surface area contributed by atoms with Crippen LogP contribution in [0, 0.1) is 0 Å². The van der Waals surface area contributed by atoms with E-state index in [1.807, 2.05) is 48.5 Å². The minimum atomic E-state index is -4.31. The molecular weight excluding hydrogens is 388 g/mol. The highest BCUT2D eigenvalue weighted by Crippen LogP contribution is 2.44. The standard InChI is InChI=1S/C20H17F2NO6/c21-20(22,18(26)27)9-16(17(24)25)23-19(28)29-10-15-13-7-3-1-5-11(13)12-6-2-4-8-14(12)15/h1-8,15-16H,9-10H2,(H,23,28)(H,24,25)(H,26,27)/t16-/m0/s1. The van der Waals surface area contributed by atoms with E-state index in [0.29, 0.717) is 0 Å². The number of benzene rings is 2. The molecule has 152 valence electrons. The van der Waals surface area contributed by atoms with Gasteiger partial charge in [-0.3, -0.25) is 0 Å². The van der Waals surface area contributed by atoms with Gasteiger partial charge in [-0.05, 0) is 22.3 Å². The number of amides is 1. The Morgan fingerprint density at radius 1 is 1.00 bits per heavy atom. The van der Waals surface area contributed by atoms with Crippen LogP contribution in [0.3, 0.4) is 0 Å². The molecule has 0 spiro atoms. The van der Waals surface area contributed by atoms with Crippen LogP contribution in [0.4, 0.5) is 13.6 Å². The molecule has 0 aromatic heterocycles. The smallest absolute Gasteiger partial charge is 0.407 e. The lowest BCUT2D eigenvalue weighted by Crippen LogP contribution is -2.46. The minimum Gasteiger partial charge on any atom is -0.480 e. The van der Waals surface area contributed by atoms with Gasteiger partial charge in [-0.1, -0.05) is 48.5 Å². The fourth-order valence-electron chi connectivity index (χ4n) is 3.33. The molecule has 1 amide bonds. The Labute approximate surface area is 163 Å². The third-order valence-electron chi connectivity index (χ3n) is 4.71. The molecule has 7 nitrogen and oxygen atoms in total. The Balaban J connectivity index is 1.69. The van der Waals surface area contributed by atoms with E-state index in [1.54, 1.807) is 5.32 Å². The average molecular weight is 405 g/mol. The number of alkyl halides is 2. The van der Waals surface area contributed by atoms with Crippen molar-refractivity contribution >= 4 is 18.0 Å². The number of aliphatic carboxylic acids is 2. The highest BCUT2D eigenvalue weighted by molar-refractivity contribution is 5.83. The van der Waals surface area contributed by atoms with Gasteiger partial charge in [-0.25, -0.2) is 14.4 Å². The van der Waals surface area contributed by atoms with Crippen molar-refractivity contribution in [1.82, 2.24) is 5.32 Å². The predicted molar refractivity (Wildman–Crippen MR) is 96.8 cm³/mol. The average Bonchev–Trinajstić information content (AvgIpc) is 2.99. The fraction of sp³-hybridized carbons (Fsp3) is 0.250. The first-order chi connectivity index (χ1) is 13.7. The van der Waals surface area contributed by atoms with Crippen LogP contribution in [0.5, 0.6) is 0 Å². The van der Waals surface area contributed by atoms with E-state index in [2.05, 4.69) is 0 Å². The number of nitrogens with one attached hydrogen (secondary N) is 1. The molecule has 0 saturated heterocycles. The van der Waals surface area contributed by atoms with Gasteiger partial charge in [0, 0.05) is 5.92 Å². The maximum atomic E-state index is 13.3. The van der Waals surface area contributed by atoms with E-state index in [1.165, 1.54) is 0 Å². The summed E-state index contributed by atoms with van der Waals surface area (Å²) in [6.07, 6.45) is -2.82. The number of hydrogen-bond donors (Lipinski definition) is 3. The van der Waals surface area contributed by atoms with Gasteiger partial charge in [0.05, 0.1) is 6.42 Å². The maximum absolute atomic E-state index is 13.3. The van der Waals surface area contributed by atoms with Gasteiger partial charge >= 0.3 is 24.0 Å². The number of halogens is 2. The van der Waals surface area contributed by atoms with Crippen LogP contribution < -0.4 is 5.32 Å². The first-order valence-corrected chi connectivity index (χ1v) is 8.66. The summed E-state index contributed by atoms with van der Waals surface area (Å²) in [5.74, 6) is -8.87. The van der Waals surface area contributed by atoms with Crippen molar-refractivity contribution in [3.63, 3.8) is 0 Å². The van der Waals surface area contributed by atoms with Crippen LogP contribution in [0.1, 0.15) is 23.5 Å². The number of fused-ring (bicyclic) bond motifs is 3. The van der Waals surface area contributed by atoms with Gasteiger partial charge < -0.3 is 20.3 Å². The molecule has 2 aromatic carbocycles. The van der Waals surface area contributed by atoms with Gasteiger partial charge in [0.25, 0.3) is 0 Å². The van der Waals surface area contributed by atoms with E-state index in [9.17, 15) is 23.2 Å². The number of carbonyl (C=O) groups is 3. The largest absolute Gasteiger partial charge is 0.480 e. The molecule has 1 aliphatic carbocycles. The van der Waals surface area contributed by atoms with Crippen molar-refractivity contribution in [1.29, 1.82) is 0 Å². The molecule has 0 aliphatic heterocycles. The number of carbonyl (C=O) groups excluding carboxylic acids is 1. The fourth-order valence-corrected chi connectivity index (χ4v) is 3.33. The molecule has 0 saturated carbocycles. The van der Waals surface area contributed by atoms with Crippen LogP contribution in [0.15, 0.2) is 48.5 Å². The summed E-state index contributed by atoms with van der Waals surface area (Å²) in [5.41, 5.74) is 3.82. The normalized spacial score (nSPS) is 13.9. The zero-order chi connectivity index (χ0) is 21.2. The zero-order valence-electron chi connectivity index (χ0n) is 15.0. The van der Waals surface area contributed by atoms with Crippen LogP contribution in [0.25, 0.3) is 11.1 Å². The summed E-state index contributed by atoms with van der Waals surface area (Å²) in [4.78, 5) is 33.6. The number of carboxylic acid groups (broad SMARTS) is 2. The van der Waals surface area contributed by atoms with Crippen molar-refractivity contribution in [2.24, 2.45) is 0 Å². The van der Waals surface area contributed by atoms with Gasteiger partial charge in [-0.15, -0.1) is 0 Å². The van der Waals surface area contributed by atoms with Gasteiger partial charge in [0.15, 0.2) is 0 Å². The topological polar surface area (TPSA) is 113 Å². The van der Waals surface area contributed by atoms with E-state index in [-0.39, 0.29) is 12.5 Å². The minimum absolute atomic E-state index is 0.137. The Hall–Kier alpha value is -3.49. The van der Waals surface area contributed by atoms with Crippen LogP contribution in [-0.4, -0.2) is 46.8 Å². The van der Waals surface area contributed by atoms with E-state index in [0.717, 1.165) is 22.3 Å². The Bertz CT molecular complexity index is 916. The third kappa shape index (κ3) is 4.18. The number of alkyl carbamates (subject to hydrolysis) is 1.